The van der Waals surface area contributed by atoms with Crippen LogP contribution in [0.4, 0.5) is 8.78 Å². The van der Waals surface area contributed by atoms with Crippen LogP contribution in [0.5, 0.6) is 0 Å². The molecule has 0 radical (unpaired) electrons. The highest BCUT2D eigenvalue weighted by Crippen LogP contribution is 2.18. The summed E-state index contributed by atoms with van der Waals surface area (Å²) in [5, 5.41) is 0. The molecule has 0 aliphatic carbocycles. The Morgan fingerprint density at radius 2 is 2.00 bits per heavy atom. The molecule has 0 aliphatic rings. The maximum absolute atomic E-state index is 13.4. The zero-order chi connectivity index (χ0) is 13.1. The van der Waals surface area contributed by atoms with Gasteiger partial charge in [-0.15, -0.1) is 0 Å². The van der Waals surface area contributed by atoms with Crippen molar-refractivity contribution in [3.63, 3.8) is 0 Å². The van der Waals surface area contributed by atoms with Crippen molar-refractivity contribution in [2.75, 3.05) is 7.11 Å². The van der Waals surface area contributed by atoms with E-state index >= 15 is 0 Å². The first kappa shape index (κ1) is 14.1. The second-order valence-electron chi connectivity index (χ2n) is 4.87. The van der Waals surface area contributed by atoms with Crippen molar-refractivity contribution in [1.82, 2.24) is 0 Å². The minimum absolute atomic E-state index is 0.263. The molecule has 4 heteroatoms. The largest absolute Gasteiger partial charge is 0.379 e. The molecule has 0 saturated carbocycles. The standard InChI is InChI=1S/C13H19F2NO/c1-13(2,17-3)8-11(16)7-9-6-10(14)4-5-12(9)15/h4-6,11H,7-8,16H2,1-3H3. The Morgan fingerprint density at radius 1 is 1.35 bits per heavy atom. The number of hydrogen-bond acceptors (Lipinski definition) is 2. The molecule has 0 bridgehead atoms. The van der Waals surface area contributed by atoms with Gasteiger partial charge >= 0.3 is 0 Å². The third kappa shape index (κ3) is 4.40. The van der Waals surface area contributed by atoms with E-state index < -0.39 is 11.6 Å². The van der Waals surface area contributed by atoms with Gasteiger partial charge in [0.25, 0.3) is 0 Å². The molecule has 1 rings (SSSR count). The monoisotopic (exact) mass is 243 g/mol. The lowest BCUT2D eigenvalue weighted by atomic mass is 9.94. The molecule has 96 valence electrons. The lowest BCUT2D eigenvalue weighted by molar-refractivity contribution is 0.0101. The van der Waals surface area contributed by atoms with E-state index in [1.54, 1.807) is 7.11 Å². The van der Waals surface area contributed by atoms with Crippen molar-refractivity contribution in [1.29, 1.82) is 0 Å². The average molecular weight is 243 g/mol. The number of halogens is 2. The molecule has 1 aromatic rings. The van der Waals surface area contributed by atoms with Crippen LogP contribution in [0.2, 0.25) is 0 Å². The van der Waals surface area contributed by atoms with Gasteiger partial charge in [-0.1, -0.05) is 0 Å². The molecule has 1 atom stereocenters. The van der Waals surface area contributed by atoms with Gasteiger partial charge in [0, 0.05) is 13.2 Å². The van der Waals surface area contributed by atoms with E-state index in [0.717, 1.165) is 12.1 Å². The zero-order valence-corrected chi connectivity index (χ0v) is 10.5. The highest BCUT2D eigenvalue weighted by Gasteiger charge is 2.21. The predicted molar refractivity (Wildman–Crippen MR) is 63.7 cm³/mol. The van der Waals surface area contributed by atoms with Gasteiger partial charge in [0.15, 0.2) is 0 Å². The highest BCUT2D eigenvalue weighted by molar-refractivity contribution is 5.19. The summed E-state index contributed by atoms with van der Waals surface area (Å²) in [5.74, 6) is -0.864. The second-order valence-corrected chi connectivity index (χ2v) is 4.87. The summed E-state index contributed by atoms with van der Waals surface area (Å²) in [6.07, 6.45) is 0.885. The number of benzene rings is 1. The van der Waals surface area contributed by atoms with Crippen molar-refractivity contribution in [2.45, 2.75) is 38.3 Å². The van der Waals surface area contributed by atoms with Crippen LogP contribution in [0.15, 0.2) is 18.2 Å². The number of nitrogens with two attached hydrogens (primary N) is 1. The fourth-order valence-corrected chi connectivity index (χ4v) is 1.77. The molecule has 2 nitrogen and oxygen atoms in total. The Hall–Kier alpha value is -1.00. The molecule has 0 aromatic heterocycles. The van der Waals surface area contributed by atoms with Crippen molar-refractivity contribution in [2.24, 2.45) is 5.73 Å². The van der Waals surface area contributed by atoms with Crippen LogP contribution < -0.4 is 5.73 Å². The first-order valence-electron chi connectivity index (χ1n) is 5.59. The molecular formula is C13H19F2NO. The number of methoxy groups -OCH3 is 1. The van der Waals surface area contributed by atoms with E-state index in [2.05, 4.69) is 0 Å². The van der Waals surface area contributed by atoms with Gasteiger partial charge in [-0.25, -0.2) is 8.78 Å². The summed E-state index contributed by atoms with van der Waals surface area (Å²) in [6, 6.07) is 3.15. The first-order valence-corrected chi connectivity index (χ1v) is 5.59. The van der Waals surface area contributed by atoms with E-state index in [9.17, 15) is 8.78 Å². The van der Waals surface area contributed by atoms with Crippen LogP contribution in [0, 0.1) is 11.6 Å². The average Bonchev–Trinajstić information content (AvgIpc) is 2.23. The van der Waals surface area contributed by atoms with Gasteiger partial charge in [-0.05, 0) is 50.5 Å². The van der Waals surface area contributed by atoms with E-state index in [4.69, 9.17) is 10.5 Å². The smallest absolute Gasteiger partial charge is 0.126 e. The van der Waals surface area contributed by atoms with E-state index in [-0.39, 0.29) is 11.6 Å². The van der Waals surface area contributed by atoms with Gasteiger partial charge in [-0.2, -0.15) is 0 Å². The van der Waals surface area contributed by atoms with Crippen LogP contribution in [0.3, 0.4) is 0 Å². The molecular weight excluding hydrogens is 224 g/mol. The van der Waals surface area contributed by atoms with Gasteiger partial charge in [0.2, 0.25) is 0 Å². The Kier molecular flexibility index (Phi) is 4.60. The first-order chi connectivity index (χ1) is 7.84. The molecule has 0 fully saturated rings. The van der Waals surface area contributed by atoms with E-state index in [1.807, 2.05) is 13.8 Å². The summed E-state index contributed by atoms with van der Waals surface area (Å²) in [7, 11) is 1.61. The van der Waals surface area contributed by atoms with Crippen LogP contribution in [-0.4, -0.2) is 18.8 Å². The number of hydrogen-bond donors (Lipinski definition) is 1. The summed E-state index contributed by atoms with van der Waals surface area (Å²) in [6.45, 7) is 3.82. The van der Waals surface area contributed by atoms with E-state index in [1.165, 1.54) is 6.07 Å². The Balaban J connectivity index is 2.68. The van der Waals surface area contributed by atoms with Crippen molar-refractivity contribution >= 4 is 0 Å². The molecule has 17 heavy (non-hydrogen) atoms. The fraction of sp³-hybridized carbons (Fsp3) is 0.538. The summed E-state index contributed by atoms with van der Waals surface area (Å²) >= 11 is 0. The lowest BCUT2D eigenvalue weighted by Gasteiger charge is -2.26. The molecule has 1 aromatic carbocycles. The Morgan fingerprint density at radius 3 is 2.59 bits per heavy atom. The highest BCUT2D eigenvalue weighted by atomic mass is 19.1. The quantitative estimate of drug-likeness (QED) is 0.862. The molecule has 1 unspecified atom stereocenters. The zero-order valence-electron chi connectivity index (χ0n) is 10.5. The Bertz CT molecular complexity index is 380. The maximum Gasteiger partial charge on any atom is 0.126 e. The van der Waals surface area contributed by atoms with Crippen molar-refractivity contribution < 1.29 is 13.5 Å². The second kappa shape index (κ2) is 5.56. The van der Waals surface area contributed by atoms with Gasteiger partial charge in [0.1, 0.15) is 11.6 Å². The Labute approximate surface area is 101 Å². The summed E-state index contributed by atoms with van der Waals surface area (Å²) in [4.78, 5) is 0. The van der Waals surface area contributed by atoms with Crippen LogP contribution in [0.25, 0.3) is 0 Å². The van der Waals surface area contributed by atoms with Gasteiger partial charge in [-0.3, -0.25) is 0 Å². The molecule has 0 aliphatic heterocycles. The molecule has 0 saturated heterocycles. The topological polar surface area (TPSA) is 35.2 Å². The molecule has 0 amide bonds. The number of ether oxygens (including phenoxy) is 1. The maximum atomic E-state index is 13.4. The van der Waals surface area contributed by atoms with Crippen molar-refractivity contribution in [3.05, 3.63) is 35.4 Å². The third-order valence-electron chi connectivity index (χ3n) is 2.80. The van der Waals surface area contributed by atoms with E-state index in [0.29, 0.717) is 18.4 Å². The third-order valence-corrected chi connectivity index (χ3v) is 2.80. The molecule has 0 heterocycles. The summed E-state index contributed by atoms with van der Waals surface area (Å²) in [5.41, 5.74) is 5.87. The normalized spacial score (nSPS) is 13.8. The SMILES string of the molecule is COC(C)(C)CC(N)Cc1cc(F)ccc1F. The number of rotatable bonds is 5. The molecule has 2 N–H and O–H groups in total. The lowest BCUT2D eigenvalue weighted by Crippen LogP contribution is -2.35. The minimum Gasteiger partial charge on any atom is -0.379 e. The van der Waals surface area contributed by atoms with Crippen LogP contribution in [-0.2, 0) is 11.2 Å². The fourth-order valence-electron chi connectivity index (χ4n) is 1.77. The summed E-state index contributed by atoms with van der Waals surface area (Å²) < 4.78 is 31.6. The minimum atomic E-state index is -0.445. The van der Waals surface area contributed by atoms with Crippen LogP contribution in [0.1, 0.15) is 25.8 Å². The molecule has 0 spiro atoms. The van der Waals surface area contributed by atoms with Gasteiger partial charge in [0.05, 0.1) is 5.60 Å². The van der Waals surface area contributed by atoms with Crippen molar-refractivity contribution in [3.8, 4) is 0 Å². The predicted octanol–water partition coefficient (Wildman–Crippen LogP) is 2.65. The van der Waals surface area contributed by atoms with Gasteiger partial charge < -0.3 is 10.5 Å². The van der Waals surface area contributed by atoms with Crippen LogP contribution >= 0.6 is 0 Å².